The van der Waals surface area contributed by atoms with Crippen LogP contribution >= 0.6 is 11.3 Å². The Labute approximate surface area is 201 Å². The summed E-state index contributed by atoms with van der Waals surface area (Å²) in [6.07, 6.45) is 6.86. The largest absolute Gasteiger partial charge is 0.352 e. The lowest BCUT2D eigenvalue weighted by atomic mass is 10.1. The number of thiophene rings is 1. The first-order valence-corrected chi connectivity index (χ1v) is 11.7. The fourth-order valence-electron chi connectivity index (χ4n) is 4.24. The minimum atomic E-state index is -0.267. The zero-order chi connectivity index (χ0) is 23.5. The fraction of sp³-hybridized carbons (Fsp3) is 0.130. The number of anilines is 1. The normalized spacial score (nSPS) is 14.2. The third-order valence-corrected chi connectivity index (χ3v) is 6.89. The number of halogens is 1. The van der Waals surface area contributed by atoms with E-state index in [2.05, 4.69) is 35.0 Å². The SMILES string of the molecule is NC1CN(c2cncc(-c3cnc4n[nH]c(-c5nc6c(-c7ccc(F)s7)nccc6[nH]5)c4c3)n2)C1. The van der Waals surface area contributed by atoms with Crippen molar-refractivity contribution in [1.29, 1.82) is 0 Å². The third kappa shape index (κ3) is 3.33. The van der Waals surface area contributed by atoms with E-state index in [0.717, 1.165) is 46.7 Å². The molecule has 1 saturated heterocycles. The first-order chi connectivity index (χ1) is 17.1. The Morgan fingerprint density at radius 1 is 1.09 bits per heavy atom. The van der Waals surface area contributed by atoms with Crippen molar-refractivity contribution in [2.75, 3.05) is 18.0 Å². The van der Waals surface area contributed by atoms with Crippen molar-refractivity contribution in [2.24, 2.45) is 5.73 Å². The van der Waals surface area contributed by atoms with E-state index >= 15 is 0 Å². The molecule has 1 fully saturated rings. The Kier molecular flexibility index (Phi) is 4.38. The van der Waals surface area contributed by atoms with Gasteiger partial charge in [0.1, 0.15) is 22.7 Å². The molecule has 12 heteroatoms. The lowest BCUT2D eigenvalue weighted by Gasteiger charge is -2.37. The van der Waals surface area contributed by atoms with Crippen LogP contribution < -0.4 is 10.6 Å². The average Bonchev–Trinajstić information content (AvgIpc) is 3.59. The topological polar surface area (TPSA) is 138 Å². The second kappa shape index (κ2) is 7.61. The number of imidazole rings is 1. The molecule has 0 bridgehead atoms. The molecule has 0 aliphatic carbocycles. The molecule has 172 valence electrons. The molecule has 0 amide bonds. The van der Waals surface area contributed by atoms with Crippen molar-refractivity contribution in [3.8, 4) is 33.3 Å². The number of H-pyrrole nitrogens is 2. The molecule has 0 aromatic carbocycles. The van der Waals surface area contributed by atoms with Crippen molar-refractivity contribution < 1.29 is 4.39 Å². The van der Waals surface area contributed by atoms with Gasteiger partial charge in [-0.1, -0.05) is 0 Å². The maximum atomic E-state index is 13.6. The standard InChI is InChI=1S/C23H17FN10S/c24-17-2-1-16(35-17)21-20-14(3-4-27-21)30-23(31-20)19-13-5-11(6-28-22(13)33-32-19)15-7-26-8-18(29-15)34-9-12(25)10-34/h1-8,12H,9-10,25H2,(H,30,31)(H,28,32,33). The molecular formula is C23H17FN10S. The number of fused-ring (bicyclic) bond motifs is 2. The van der Waals surface area contributed by atoms with Crippen LogP contribution in [0.3, 0.4) is 0 Å². The van der Waals surface area contributed by atoms with E-state index in [-0.39, 0.29) is 11.2 Å². The van der Waals surface area contributed by atoms with E-state index in [0.29, 0.717) is 38.9 Å². The van der Waals surface area contributed by atoms with Crippen LogP contribution in [-0.2, 0) is 0 Å². The quantitative estimate of drug-likeness (QED) is 0.346. The highest BCUT2D eigenvalue weighted by atomic mass is 32.1. The van der Waals surface area contributed by atoms with Crippen molar-refractivity contribution in [1.82, 2.24) is 40.1 Å². The van der Waals surface area contributed by atoms with Crippen LogP contribution in [0.15, 0.2) is 49.1 Å². The van der Waals surface area contributed by atoms with Gasteiger partial charge < -0.3 is 15.6 Å². The second-order valence-electron chi connectivity index (χ2n) is 8.37. The van der Waals surface area contributed by atoms with Crippen molar-refractivity contribution in [2.45, 2.75) is 6.04 Å². The molecule has 35 heavy (non-hydrogen) atoms. The van der Waals surface area contributed by atoms with Gasteiger partial charge in [0.05, 0.1) is 33.9 Å². The van der Waals surface area contributed by atoms with Crippen LogP contribution in [0.1, 0.15) is 0 Å². The van der Waals surface area contributed by atoms with Gasteiger partial charge in [0.2, 0.25) is 0 Å². The van der Waals surface area contributed by atoms with Crippen LogP contribution in [0.2, 0.25) is 0 Å². The zero-order valence-corrected chi connectivity index (χ0v) is 18.9. The molecule has 0 atom stereocenters. The fourth-order valence-corrected chi connectivity index (χ4v) is 4.97. The summed E-state index contributed by atoms with van der Waals surface area (Å²) in [4.78, 5) is 29.0. The summed E-state index contributed by atoms with van der Waals surface area (Å²) in [6, 6.07) is 7.12. The summed E-state index contributed by atoms with van der Waals surface area (Å²) < 4.78 is 13.6. The van der Waals surface area contributed by atoms with Gasteiger partial charge in [-0.05, 0) is 24.3 Å². The monoisotopic (exact) mass is 484 g/mol. The van der Waals surface area contributed by atoms with Gasteiger partial charge in [0.15, 0.2) is 16.6 Å². The van der Waals surface area contributed by atoms with E-state index in [1.165, 1.54) is 6.07 Å². The number of pyridine rings is 2. The Morgan fingerprint density at radius 3 is 2.83 bits per heavy atom. The van der Waals surface area contributed by atoms with Crippen LogP contribution in [0.4, 0.5) is 10.2 Å². The highest BCUT2D eigenvalue weighted by Crippen LogP contribution is 2.33. The molecule has 10 nitrogen and oxygen atoms in total. The van der Waals surface area contributed by atoms with E-state index in [1.807, 2.05) is 12.1 Å². The zero-order valence-electron chi connectivity index (χ0n) is 18.1. The van der Waals surface area contributed by atoms with E-state index in [1.54, 1.807) is 30.9 Å². The molecule has 0 spiro atoms. The van der Waals surface area contributed by atoms with E-state index in [9.17, 15) is 4.39 Å². The Hall–Kier alpha value is -4.29. The first-order valence-electron chi connectivity index (χ1n) is 10.9. The van der Waals surface area contributed by atoms with E-state index in [4.69, 9.17) is 15.7 Å². The van der Waals surface area contributed by atoms with Crippen molar-refractivity contribution in [3.63, 3.8) is 0 Å². The molecule has 1 aliphatic heterocycles. The number of hydrogen-bond acceptors (Lipinski definition) is 9. The van der Waals surface area contributed by atoms with Gasteiger partial charge in [0, 0.05) is 37.1 Å². The molecule has 4 N–H and O–H groups in total. The number of nitrogens with two attached hydrogens (primary N) is 1. The smallest absolute Gasteiger partial charge is 0.181 e. The molecule has 0 unspecified atom stereocenters. The van der Waals surface area contributed by atoms with Gasteiger partial charge in [0.25, 0.3) is 0 Å². The molecule has 6 aromatic heterocycles. The molecule has 6 aromatic rings. The van der Waals surface area contributed by atoms with Crippen LogP contribution in [0.25, 0.3) is 55.4 Å². The highest BCUT2D eigenvalue weighted by molar-refractivity contribution is 7.13. The first kappa shape index (κ1) is 20.1. The molecule has 7 rings (SSSR count). The minimum Gasteiger partial charge on any atom is -0.352 e. The Balaban J connectivity index is 1.31. The second-order valence-corrected chi connectivity index (χ2v) is 9.40. The summed E-state index contributed by atoms with van der Waals surface area (Å²) >= 11 is 1.04. The van der Waals surface area contributed by atoms with Crippen molar-refractivity contribution in [3.05, 3.63) is 54.2 Å². The summed E-state index contributed by atoms with van der Waals surface area (Å²) in [6.45, 7) is 1.53. The lowest BCUT2D eigenvalue weighted by Crippen LogP contribution is -2.56. The predicted molar refractivity (Wildman–Crippen MR) is 131 cm³/mol. The number of aromatic amines is 2. The number of nitrogens with zero attached hydrogens (tertiary/aromatic N) is 7. The number of nitrogens with one attached hydrogen (secondary N) is 2. The van der Waals surface area contributed by atoms with Gasteiger partial charge in [-0.2, -0.15) is 9.49 Å². The van der Waals surface area contributed by atoms with Crippen molar-refractivity contribution >= 4 is 39.2 Å². The number of aromatic nitrogens is 8. The molecular weight excluding hydrogens is 467 g/mol. The van der Waals surface area contributed by atoms with Gasteiger partial charge in [-0.3, -0.25) is 15.1 Å². The Morgan fingerprint density at radius 2 is 2.00 bits per heavy atom. The maximum Gasteiger partial charge on any atom is 0.181 e. The number of rotatable bonds is 4. The molecule has 0 radical (unpaired) electrons. The van der Waals surface area contributed by atoms with E-state index < -0.39 is 0 Å². The van der Waals surface area contributed by atoms with Crippen LogP contribution in [-0.4, -0.2) is 59.2 Å². The molecule has 7 heterocycles. The van der Waals surface area contributed by atoms with Crippen LogP contribution in [0.5, 0.6) is 0 Å². The highest BCUT2D eigenvalue weighted by Gasteiger charge is 2.25. The number of hydrogen-bond donors (Lipinski definition) is 3. The summed E-state index contributed by atoms with van der Waals surface area (Å²) in [7, 11) is 0. The Bertz CT molecular complexity index is 1710. The lowest BCUT2D eigenvalue weighted by molar-refractivity contribution is 0.514. The summed E-state index contributed by atoms with van der Waals surface area (Å²) in [5.41, 5.74) is 10.7. The third-order valence-electron chi connectivity index (χ3n) is 6.01. The molecule has 1 aliphatic rings. The summed E-state index contributed by atoms with van der Waals surface area (Å²) in [5.74, 6) is 1.38. The van der Waals surface area contributed by atoms with Gasteiger partial charge in [-0.25, -0.2) is 15.0 Å². The maximum absolute atomic E-state index is 13.6. The molecule has 0 saturated carbocycles. The predicted octanol–water partition coefficient (Wildman–Crippen LogP) is 3.37. The van der Waals surface area contributed by atoms with Crippen LogP contribution in [0, 0.1) is 5.13 Å². The van der Waals surface area contributed by atoms with Gasteiger partial charge in [-0.15, -0.1) is 11.3 Å². The average molecular weight is 485 g/mol. The summed E-state index contributed by atoms with van der Waals surface area (Å²) in [5, 5.41) is 7.91. The van der Waals surface area contributed by atoms with Gasteiger partial charge >= 0.3 is 0 Å². The minimum absolute atomic E-state index is 0.172.